The van der Waals surface area contributed by atoms with E-state index in [0.29, 0.717) is 24.3 Å². The van der Waals surface area contributed by atoms with E-state index in [1.54, 1.807) is 48.3 Å². The first kappa shape index (κ1) is 16.5. The fourth-order valence-corrected chi connectivity index (χ4v) is 2.09. The zero-order valence-corrected chi connectivity index (χ0v) is 13.3. The van der Waals surface area contributed by atoms with Crippen molar-refractivity contribution in [3.63, 3.8) is 0 Å². The number of rotatable bonds is 6. The normalized spacial score (nSPS) is 10.0. The molecule has 5 heteroatoms. The van der Waals surface area contributed by atoms with Crippen LogP contribution in [0, 0.1) is 0 Å². The first-order valence-corrected chi connectivity index (χ1v) is 7.56. The standard InChI is InChI=1S/C18H20N2O3/c1-3-20(19-17(21)14-8-6-5-7-9-14)16-12-10-15(11-13-16)18(22)23-4-2/h5-13H,3-4H2,1-2H3,(H,19,21). The van der Waals surface area contributed by atoms with E-state index in [9.17, 15) is 9.59 Å². The van der Waals surface area contributed by atoms with Gasteiger partial charge in [0.15, 0.2) is 0 Å². The summed E-state index contributed by atoms with van der Waals surface area (Å²) in [5.74, 6) is -0.530. The molecule has 120 valence electrons. The van der Waals surface area contributed by atoms with Crippen LogP contribution >= 0.6 is 0 Å². The molecule has 0 unspecified atom stereocenters. The molecule has 1 amide bonds. The van der Waals surface area contributed by atoms with Gasteiger partial charge in [0.25, 0.3) is 5.91 Å². The molecule has 0 radical (unpaired) electrons. The van der Waals surface area contributed by atoms with Crippen LogP contribution in [0.3, 0.4) is 0 Å². The maximum atomic E-state index is 12.2. The van der Waals surface area contributed by atoms with E-state index in [1.807, 2.05) is 25.1 Å². The van der Waals surface area contributed by atoms with Gasteiger partial charge in [0.2, 0.25) is 0 Å². The minimum atomic E-state index is -0.351. The number of hydrogen-bond acceptors (Lipinski definition) is 4. The summed E-state index contributed by atoms with van der Waals surface area (Å²) >= 11 is 0. The third-order valence-electron chi connectivity index (χ3n) is 3.28. The van der Waals surface area contributed by atoms with Crippen LogP contribution in [0.25, 0.3) is 0 Å². The average Bonchev–Trinajstić information content (AvgIpc) is 2.60. The Morgan fingerprint density at radius 1 is 0.957 bits per heavy atom. The number of amides is 1. The van der Waals surface area contributed by atoms with Crippen LogP contribution < -0.4 is 10.4 Å². The van der Waals surface area contributed by atoms with E-state index in [2.05, 4.69) is 5.43 Å². The molecule has 0 spiro atoms. The summed E-state index contributed by atoms with van der Waals surface area (Å²) in [6.07, 6.45) is 0. The number of nitrogens with zero attached hydrogens (tertiary/aromatic N) is 1. The third-order valence-corrected chi connectivity index (χ3v) is 3.28. The Balaban J connectivity index is 2.09. The van der Waals surface area contributed by atoms with Crippen LogP contribution in [0.2, 0.25) is 0 Å². The van der Waals surface area contributed by atoms with Gasteiger partial charge >= 0.3 is 5.97 Å². The SMILES string of the molecule is CCOC(=O)c1ccc(N(CC)NC(=O)c2ccccc2)cc1. The van der Waals surface area contributed by atoms with Crippen molar-refractivity contribution in [3.05, 3.63) is 65.7 Å². The molecule has 0 saturated heterocycles. The number of benzene rings is 2. The van der Waals surface area contributed by atoms with Crippen LogP contribution in [-0.4, -0.2) is 25.0 Å². The average molecular weight is 312 g/mol. The highest BCUT2D eigenvalue weighted by molar-refractivity contribution is 5.95. The van der Waals surface area contributed by atoms with E-state index < -0.39 is 0 Å². The maximum absolute atomic E-state index is 12.2. The van der Waals surface area contributed by atoms with Gasteiger partial charge in [-0.25, -0.2) is 4.79 Å². The van der Waals surface area contributed by atoms with Crippen molar-refractivity contribution < 1.29 is 14.3 Å². The van der Waals surface area contributed by atoms with Crippen molar-refractivity contribution >= 4 is 17.6 Å². The summed E-state index contributed by atoms with van der Waals surface area (Å²) in [5.41, 5.74) is 4.73. The summed E-state index contributed by atoms with van der Waals surface area (Å²) in [5, 5.41) is 1.73. The predicted molar refractivity (Wildman–Crippen MR) is 89.3 cm³/mol. The Hall–Kier alpha value is -2.82. The summed E-state index contributed by atoms with van der Waals surface area (Å²) in [4.78, 5) is 23.9. The molecule has 0 aliphatic heterocycles. The van der Waals surface area contributed by atoms with Gasteiger partial charge in [-0.15, -0.1) is 0 Å². The van der Waals surface area contributed by atoms with Gasteiger partial charge < -0.3 is 4.74 Å². The van der Waals surface area contributed by atoms with Crippen molar-refractivity contribution in [3.8, 4) is 0 Å². The molecule has 0 atom stereocenters. The van der Waals surface area contributed by atoms with Crippen LogP contribution in [0.15, 0.2) is 54.6 Å². The van der Waals surface area contributed by atoms with E-state index in [-0.39, 0.29) is 11.9 Å². The predicted octanol–water partition coefficient (Wildman–Crippen LogP) is 3.03. The lowest BCUT2D eigenvalue weighted by molar-refractivity contribution is 0.0526. The van der Waals surface area contributed by atoms with Crippen molar-refractivity contribution in [2.75, 3.05) is 18.2 Å². The van der Waals surface area contributed by atoms with Crippen LogP contribution in [0.4, 0.5) is 5.69 Å². The zero-order chi connectivity index (χ0) is 16.7. The minimum absolute atomic E-state index is 0.179. The molecular weight excluding hydrogens is 292 g/mol. The summed E-state index contributed by atoms with van der Waals surface area (Å²) in [7, 11) is 0. The number of nitrogens with one attached hydrogen (secondary N) is 1. The largest absolute Gasteiger partial charge is 0.462 e. The van der Waals surface area contributed by atoms with Gasteiger partial charge in [-0.1, -0.05) is 18.2 Å². The molecular formula is C18H20N2O3. The Morgan fingerprint density at radius 2 is 1.61 bits per heavy atom. The van der Waals surface area contributed by atoms with Gasteiger partial charge in [0, 0.05) is 12.1 Å². The molecule has 0 aliphatic carbocycles. The van der Waals surface area contributed by atoms with E-state index in [1.165, 1.54) is 0 Å². The second-order valence-corrected chi connectivity index (χ2v) is 4.82. The first-order chi connectivity index (χ1) is 11.2. The van der Waals surface area contributed by atoms with Crippen LogP contribution in [0.1, 0.15) is 34.6 Å². The Morgan fingerprint density at radius 3 is 2.17 bits per heavy atom. The Bertz CT molecular complexity index is 654. The van der Waals surface area contributed by atoms with Crippen molar-refractivity contribution in [2.45, 2.75) is 13.8 Å². The third kappa shape index (κ3) is 4.32. The van der Waals surface area contributed by atoms with Crippen molar-refractivity contribution in [2.24, 2.45) is 0 Å². The van der Waals surface area contributed by atoms with Gasteiger partial charge in [-0.3, -0.25) is 15.2 Å². The van der Waals surface area contributed by atoms with Gasteiger partial charge in [0.1, 0.15) is 0 Å². The highest BCUT2D eigenvalue weighted by Crippen LogP contribution is 2.14. The fourth-order valence-electron chi connectivity index (χ4n) is 2.09. The molecule has 23 heavy (non-hydrogen) atoms. The second kappa shape index (κ2) is 7.98. The molecule has 0 saturated carbocycles. The van der Waals surface area contributed by atoms with Gasteiger partial charge in [-0.2, -0.15) is 0 Å². The molecule has 0 aliphatic rings. The topological polar surface area (TPSA) is 58.6 Å². The number of hydrazine groups is 1. The molecule has 0 heterocycles. The number of carbonyl (C=O) groups excluding carboxylic acids is 2. The van der Waals surface area contributed by atoms with E-state index in [4.69, 9.17) is 4.74 Å². The molecule has 0 fully saturated rings. The lowest BCUT2D eigenvalue weighted by atomic mass is 10.2. The van der Waals surface area contributed by atoms with Crippen molar-refractivity contribution in [1.29, 1.82) is 0 Å². The van der Waals surface area contributed by atoms with Gasteiger partial charge in [0.05, 0.1) is 17.9 Å². The number of anilines is 1. The number of carbonyl (C=O) groups is 2. The number of hydrogen-bond donors (Lipinski definition) is 1. The summed E-state index contributed by atoms with van der Waals surface area (Å²) in [6, 6.07) is 15.9. The first-order valence-electron chi connectivity index (χ1n) is 7.56. The van der Waals surface area contributed by atoms with Crippen molar-refractivity contribution in [1.82, 2.24) is 5.43 Å². The molecule has 1 N–H and O–H groups in total. The zero-order valence-electron chi connectivity index (χ0n) is 13.3. The highest BCUT2D eigenvalue weighted by atomic mass is 16.5. The quantitative estimate of drug-likeness (QED) is 0.658. The molecule has 2 rings (SSSR count). The fraction of sp³-hybridized carbons (Fsp3) is 0.222. The second-order valence-electron chi connectivity index (χ2n) is 4.82. The van der Waals surface area contributed by atoms with Gasteiger partial charge in [-0.05, 0) is 50.2 Å². The number of esters is 1. The molecule has 2 aromatic carbocycles. The molecule has 0 bridgehead atoms. The highest BCUT2D eigenvalue weighted by Gasteiger charge is 2.12. The lowest BCUT2D eigenvalue weighted by Gasteiger charge is -2.24. The Labute approximate surface area is 135 Å². The van der Waals surface area contributed by atoms with Crippen LogP contribution in [0.5, 0.6) is 0 Å². The number of ether oxygens (including phenoxy) is 1. The van der Waals surface area contributed by atoms with Crippen LogP contribution in [-0.2, 0) is 4.74 Å². The van der Waals surface area contributed by atoms with E-state index >= 15 is 0 Å². The summed E-state index contributed by atoms with van der Waals surface area (Å²) < 4.78 is 4.95. The molecule has 0 aromatic heterocycles. The monoisotopic (exact) mass is 312 g/mol. The summed E-state index contributed by atoms with van der Waals surface area (Å²) in [6.45, 7) is 4.64. The molecule has 5 nitrogen and oxygen atoms in total. The smallest absolute Gasteiger partial charge is 0.338 e. The maximum Gasteiger partial charge on any atom is 0.338 e. The lowest BCUT2D eigenvalue weighted by Crippen LogP contribution is -2.42. The van der Waals surface area contributed by atoms with E-state index in [0.717, 1.165) is 5.69 Å². The minimum Gasteiger partial charge on any atom is -0.462 e. The molecule has 2 aromatic rings. The Kier molecular flexibility index (Phi) is 5.74.